The molecule has 24 heavy (non-hydrogen) atoms. The van der Waals surface area contributed by atoms with E-state index in [9.17, 15) is 9.18 Å². The average Bonchev–Trinajstić information content (AvgIpc) is 2.59. The minimum Gasteiger partial charge on any atom is -0.496 e. The summed E-state index contributed by atoms with van der Waals surface area (Å²) in [4.78, 5) is 10.7. The van der Waals surface area contributed by atoms with Crippen LogP contribution in [0.4, 0.5) is 4.39 Å². The van der Waals surface area contributed by atoms with Crippen molar-refractivity contribution in [2.75, 3.05) is 7.11 Å². The van der Waals surface area contributed by atoms with E-state index in [2.05, 4.69) is 0 Å². The maximum absolute atomic E-state index is 14.8. The first-order chi connectivity index (χ1) is 11.5. The number of carboxylic acid groups (broad SMARTS) is 1. The van der Waals surface area contributed by atoms with Gasteiger partial charge in [-0.3, -0.25) is 4.79 Å². The first-order valence-electron chi connectivity index (χ1n) is 7.53. The van der Waals surface area contributed by atoms with E-state index >= 15 is 0 Å². The monoisotopic (exact) mass is 333 g/mol. The lowest BCUT2D eigenvalue weighted by Crippen LogP contribution is -2.16. The molecule has 2 rings (SSSR count). The molecule has 0 aliphatic rings. The van der Waals surface area contributed by atoms with Gasteiger partial charge in [0.2, 0.25) is 0 Å². The summed E-state index contributed by atoms with van der Waals surface area (Å²) in [6.45, 7) is 0.216. The van der Waals surface area contributed by atoms with Gasteiger partial charge < -0.3 is 20.3 Å². The number of nitrogens with two attached hydrogens (primary N) is 1. The zero-order chi connectivity index (χ0) is 17.5. The summed E-state index contributed by atoms with van der Waals surface area (Å²) in [6, 6.07) is 11.6. The minimum absolute atomic E-state index is 0.0560. The molecule has 0 fully saturated rings. The summed E-state index contributed by atoms with van der Waals surface area (Å²) in [6.07, 6.45) is -0.0520. The lowest BCUT2D eigenvalue weighted by atomic mass is 10.0. The van der Waals surface area contributed by atoms with Crippen molar-refractivity contribution in [1.29, 1.82) is 0 Å². The SMILES string of the molecule is COc1ccc(OCc2ccccc2)c(F)c1C(N)CCC(=O)O. The van der Waals surface area contributed by atoms with E-state index in [4.69, 9.17) is 20.3 Å². The smallest absolute Gasteiger partial charge is 0.303 e. The number of hydrogen-bond donors (Lipinski definition) is 2. The van der Waals surface area contributed by atoms with Crippen LogP contribution in [0.15, 0.2) is 42.5 Å². The standard InChI is InChI=1S/C18H20FNO4/c1-23-14-8-9-15(24-11-12-5-3-2-4-6-12)18(19)17(14)13(20)7-10-16(21)22/h2-6,8-9,13H,7,10-11,20H2,1H3,(H,21,22). The largest absolute Gasteiger partial charge is 0.496 e. The van der Waals surface area contributed by atoms with E-state index in [-0.39, 0.29) is 36.5 Å². The summed E-state index contributed by atoms with van der Waals surface area (Å²) in [5.41, 5.74) is 6.99. The van der Waals surface area contributed by atoms with Crippen molar-refractivity contribution in [3.05, 3.63) is 59.4 Å². The second-order valence-corrected chi connectivity index (χ2v) is 5.31. The van der Waals surface area contributed by atoms with Crippen LogP contribution in [-0.4, -0.2) is 18.2 Å². The van der Waals surface area contributed by atoms with Crippen LogP contribution >= 0.6 is 0 Å². The first kappa shape index (κ1) is 17.7. The molecule has 1 atom stereocenters. The van der Waals surface area contributed by atoms with Gasteiger partial charge in [-0.15, -0.1) is 0 Å². The molecular formula is C18H20FNO4. The summed E-state index contributed by atoms with van der Waals surface area (Å²) >= 11 is 0. The summed E-state index contributed by atoms with van der Waals surface area (Å²) in [5.74, 6) is -1.28. The van der Waals surface area contributed by atoms with Gasteiger partial charge in [-0.2, -0.15) is 0 Å². The highest BCUT2D eigenvalue weighted by molar-refractivity contribution is 5.66. The van der Waals surface area contributed by atoms with E-state index in [1.54, 1.807) is 6.07 Å². The van der Waals surface area contributed by atoms with Crippen molar-refractivity contribution in [3.63, 3.8) is 0 Å². The zero-order valence-corrected chi connectivity index (χ0v) is 13.4. The van der Waals surface area contributed by atoms with Crippen molar-refractivity contribution in [1.82, 2.24) is 0 Å². The van der Waals surface area contributed by atoms with Crippen molar-refractivity contribution in [2.45, 2.75) is 25.5 Å². The number of carbonyl (C=O) groups is 1. The number of aliphatic carboxylic acids is 1. The van der Waals surface area contributed by atoms with Gasteiger partial charge in [-0.05, 0) is 24.1 Å². The molecule has 0 spiro atoms. The molecule has 2 aromatic rings. The van der Waals surface area contributed by atoms with E-state index in [1.165, 1.54) is 13.2 Å². The van der Waals surface area contributed by atoms with Gasteiger partial charge in [0.25, 0.3) is 0 Å². The molecule has 128 valence electrons. The fraction of sp³-hybridized carbons (Fsp3) is 0.278. The maximum atomic E-state index is 14.8. The van der Waals surface area contributed by atoms with Crippen molar-refractivity contribution >= 4 is 5.97 Å². The van der Waals surface area contributed by atoms with Gasteiger partial charge in [0.1, 0.15) is 12.4 Å². The Balaban J connectivity index is 2.21. The summed E-state index contributed by atoms with van der Waals surface area (Å²) in [5, 5.41) is 8.76. The van der Waals surface area contributed by atoms with Crippen LogP contribution in [0.1, 0.15) is 30.0 Å². The lowest BCUT2D eigenvalue weighted by molar-refractivity contribution is -0.137. The van der Waals surface area contributed by atoms with Crippen LogP contribution in [-0.2, 0) is 11.4 Å². The van der Waals surface area contributed by atoms with Crippen LogP contribution in [0.5, 0.6) is 11.5 Å². The fourth-order valence-electron chi connectivity index (χ4n) is 2.35. The Bertz CT molecular complexity index is 691. The van der Waals surface area contributed by atoms with Crippen LogP contribution in [0.3, 0.4) is 0 Å². The predicted octanol–water partition coefficient (Wildman–Crippen LogP) is 3.28. The van der Waals surface area contributed by atoms with E-state index < -0.39 is 17.8 Å². The second-order valence-electron chi connectivity index (χ2n) is 5.31. The van der Waals surface area contributed by atoms with Crippen molar-refractivity contribution in [3.8, 4) is 11.5 Å². The van der Waals surface area contributed by atoms with Gasteiger partial charge >= 0.3 is 5.97 Å². The Labute approximate surface area is 139 Å². The van der Waals surface area contributed by atoms with Gasteiger partial charge in [-0.25, -0.2) is 4.39 Å². The molecule has 0 bridgehead atoms. The first-order valence-corrected chi connectivity index (χ1v) is 7.53. The predicted molar refractivity (Wildman–Crippen MR) is 87.5 cm³/mol. The lowest BCUT2D eigenvalue weighted by Gasteiger charge is -2.18. The van der Waals surface area contributed by atoms with Gasteiger partial charge in [0, 0.05) is 12.5 Å². The van der Waals surface area contributed by atoms with Crippen LogP contribution in [0.25, 0.3) is 0 Å². The zero-order valence-electron chi connectivity index (χ0n) is 13.4. The average molecular weight is 333 g/mol. The Kier molecular flexibility index (Phi) is 6.14. The molecule has 5 nitrogen and oxygen atoms in total. The second kappa shape index (κ2) is 8.31. The van der Waals surface area contributed by atoms with E-state index in [0.717, 1.165) is 5.56 Å². The molecule has 0 radical (unpaired) electrons. The molecule has 0 saturated heterocycles. The quantitative estimate of drug-likeness (QED) is 0.775. The van der Waals surface area contributed by atoms with Crippen LogP contribution in [0, 0.1) is 5.82 Å². The number of carboxylic acids is 1. The molecule has 3 N–H and O–H groups in total. The molecule has 1 unspecified atom stereocenters. The fourth-order valence-corrected chi connectivity index (χ4v) is 2.35. The number of hydrogen-bond acceptors (Lipinski definition) is 4. The number of rotatable bonds is 8. The Morgan fingerprint density at radius 2 is 1.88 bits per heavy atom. The third-order valence-electron chi connectivity index (χ3n) is 3.60. The van der Waals surface area contributed by atoms with Gasteiger partial charge in [-0.1, -0.05) is 30.3 Å². The molecule has 0 aliphatic heterocycles. The third-order valence-corrected chi connectivity index (χ3v) is 3.60. The van der Waals surface area contributed by atoms with Crippen LogP contribution < -0.4 is 15.2 Å². The molecule has 6 heteroatoms. The van der Waals surface area contributed by atoms with E-state index in [0.29, 0.717) is 0 Å². The topological polar surface area (TPSA) is 81.8 Å². The van der Waals surface area contributed by atoms with Gasteiger partial charge in [0.15, 0.2) is 11.6 Å². The number of ether oxygens (including phenoxy) is 2. The molecule has 0 heterocycles. The molecule has 2 aromatic carbocycles. The normalized spacial score (nSPS) is 11.8. The molecule has 0 saturated carbocycles. The molecule has 0 aliphatic carbocycles. The Morgan fingerprint density at radius 3 is 2.50 bits per heavy atom. The molecular weight excluding hydrogens is 313 g/mol. The highest BCUT2D eigenvalue weighted by Crippen LogP contribution is 2.34. The number of halogens is 1. The number of benzene rings is 2. The van der Waals surface area contributed by atoms with Crippen molar-refractivity contribution < 1.29 is 23.8 Å². The van der Waals surface area contributed by atoms with Crippen molar-refractivity contribution in [2.24, 2.45) is 5.73 Å². The minimum atomic E-state index is -0.985. The Hall–Kier alpha value is -2.60. The van der Waals surface area contributed by atoms with Crippen LogP contribution in [0.2, 0.25) is 0 Å². The number of methoxy groups -OCH3 is 1. The van der Waals surface area contributed by atoms with Gasteiger partial charge in [0.05, 0.1) is 12.7 Å². The highest BCUT2D eigenvalue weighted by atomic mass is 19.1. The third kappa shape index (κ3) is 4.45. The Morgan fingerprint density at radius 1 is 1.21 bits per heavy atom. The molecule has 0 amide bonds. The highest BCUT2D eigenvalue weighted by Gasteiger charge is 2.21. The van der Waals surface area contributed by atoms with E-state index in [1.807, 2.05) is 30.3 Å². The molecule has 0 aromatic heterocycles. The maximum Gasteiger partial charge on any atom is 0.303 e. The summed E-state index contributed by atoms with van der Waals surface area (Å²) < 4.78 is 25.5. The summed E-state index contributed by atoms with van der Waals surface area (Å²) in [7, 11) is 1.41.